The van der Waals surface area contributed by atoms with E-state index in [0.29, 0.717) is 49.8 Å². The fourth-order valence-corrected chi connectivity index (χ4v) is 4.95. The molecule has 0 atom stereocenters. The Morgan fingerprint density at radius 1 is 1.00 bits per heavy atom. The predicted molar refractivity (Wildman–Crippen MR) is 120 cm³/mol. The van der Waals surface area contributed by atoms with E-state index < -0.39 is 10.0 Å². The van der Waals surface area contributed by atoms with E-state index in [4.69, 9.17) is 4.74 Å². The van der Waals surface area contributed by atoms with E-state index in [1.807, 2.05) is 43.3 Å². The van der Waals surface area contributed by atoms with Gasteiger partial charge in [0.05, 0.1) is 4.90 Å². The molecule has 0 saturated carbocycles. The van der Waals surface area contributed by atoms with Crippen LogP contribution in [0.25, 0.3) is 0 Å². The van der Waals surface area contributed by atoms with Gasteiger partial charge in [-0.3, -0.25) is 9.69 Å². The van der Waals surface area contributed by atoms with E-state index in [1.54, 1.807) is 23.5 Å². The summed E-state index contributed by atoms with van der Waals surface area (Å²) in [7, 11) is -1.81. The first kappa shape index (κ1) is 23.4. The van der Waals surface area contributed by atoms with E-state index >= 15 is 0 Å². The van der Waals surface area contributed by atoms with Crippen LogP contribution in [0.1, 0.15) is 27.9 Å². The number of carbonyl (C=O) groups is 1. The Bertz CT molecular complexity index is 951. The van der Waals surface area contributed by atoms with Crippen molar-refractivity contribution in [1.29, 1.82) is 0 Å². The number of sulfonamides is 1. The number of methoxy groups -OCH3 is 1. The highest BCUT2D eigenvalue weighted by atomic mass is 32.2. The summed E-state index contributed by atoms with van der Waals surface area (Å²) in [4.78, 5) is 14.7. The maximum atomic E-state index is 12.8. The van der Waals surface area contributed by atoms with Crippen LogP contribution in [0.5, 0.6) is 0 Å². The standard InChI is InChI=1S/C23H31N3O4S/c1-19-4-10-22(11-5-19)31(28,29)26-15-13-25(14-16-26)18-20-6-8-21(9-7-20)23(27)24-12-3-17-30-2/h4-11H,3,12-18H2,1-2H3,(H,24,27). The lowest BCUT2D eigenvalue weighted by molar-refractivity contribution is 0.0948. The lowest BCUT2D eigenvalue weighted by Gasteiger charge is -2.34. The summed E-state index contributed by atoms with van der Waals surface area (Å²) in [6.45, 7) is 6.17. The molecule has 1 amide bonds. The van der Waals surface area contributed by atoms with Gasteiger partial charge < -0.3 is 10.1 Å². The number of hydrogen-bond donors (Lipinski definition) is 1. The number of nitrogens with zero attached hydrogens (tertiary/aromatic N) is 2. The number of ether oxygens (including phenoxy) is 1. The molecular weight excluding hydrogens is 414 g/mol. The van der Waals surface area contributed by atoms with Crippen molar-refractivity contribution >= 4 is 15.9 Å². The Hall–Kier alpha value is -2.26. The zero-order valence-corrected chi connectivity index (χ0v) is 19.0. The van der Waals surface area contributed by atoms with E-state index in [2.05, 4.69) is 10.2 Å². The Kier molecular flexibility index (Phi) is 8.20. The molecule has 8 heteroatoms. The Balaban J connectivity index is 1.49. The zero-order valence-electron chi connectivity index (χ0n) is 18.2. The fourth-order valence-electron chi connectivity index (χ4n) is 3.53. The topological polar surface area (TPSA) is 79.0 Å². The average Bonchev–Trinajstić information content (AvgIpc) is 2.78. The third-order valence-electron chi connectivity index (χ3n) is 5.42. The molecule has 1 N–H and O–H groups in total. The van der Waals surface area contributed by atoms with Gasteiger partial charge in [-0.15, -0.1) is 0 Å². The van der Waals surface area contributed by atoms with Crippen LogP contribution in [0, 0.1) is 6.92 Å². The third kappa shape index (κ3) is 6.36. The summed E-state index contributed by atoms with van der Waals surface area (Å²) in [6, 6.07) is 14.6. The van der Waals surface area contributed by atoms with E-state index in [-0.39, 0.29) is 5.91 Å². The summed E-state index contributed by atoms with van der Waals surface area (Å²) in [5.74, 6) is -0.0856. The number of amides is 1. The first-order valence-electron chi connectivity index (χ1n) is 10.6. The Labute approximate surface area is 185 Å². The quantitative estimate of drug-likeness (QED) is 0.599. The minimum absolute atomic E-state index is 0.0856. The number of aryl methyl sites for hydroxylation is 1. The van der Waals surface area contributed by atoms with Crippen molar-refractivity contribution < 1.29 is 17.9 Å². The van der Waals surface area contributed by atoms with Crippen molar-refractivity contribution in [3.05, 3.63) is 65.2 Å². The van der Waals surface area contributed by atoms with Crippen molar-refractivity contribution in [3.8, 4) is 0 Å². The minimum Gasteiger partial charge on any atom is -0.385 e. The zero-order chi connectivity index (χ0) is 22.3. The largest absolute Gasteiger partial charge is 0.385 e. The van der Waals surface area contributed by atoms with Gasteiger partial charge in [0.1, 0.15) is 0 Å². The second kappa shape index (κ2) is 10.9. The molecule has 1 aliphatic heterocycles. The molecule has 0 radical (unpaired) electrons. The average molecular weight is 446 g/mol. The maximum absolute atomic E-state index is 12.8. The monoisotopic (exact) mass is 445 g/mol. The number of rotatable bonds is 9. The molecule has 3 rings (SSSR count). The smallest absolute Gasteiger partial charge is 0.251 e. The number of carbonyl (C=O) groups excluding carboxylic acids is 1. The first-order chi connectivity index (χ1) is 14.9. The maximum Gasteiger partial charge on any atom is 0.251 e. The molecule has 1 saturated heterocycles. The molecule has 0 aliphatic carbocycles. The Morgan fingerprint density at radius 3 is 2.26 bits per heavy atom. The molecule has 168 valence electrons. The Morgan fingerprint density at radius 2 is 1.65 bits per heavy atom. The number of nitrogens with one attached hydrogen (secondary N) is 1. The van der Waals surface area contributed by atoms with Crippen molar-refractivity contribution in [2.75, 3.05) is 46.4 Å². The lowest BCUT2D eigenvalue weighted by atomic mass is 10.1. The van der Waals surface area contributed by atoms with Crippen molar-refractivity contribution in [3.63, 3.8) is 0 Å². The molecule has 2 aromatic rings. The first-order valence-corrected chi connectivity index (χ1v) is 12.0. The van der Waals surface area contributed by atoms with Crippen molar-refractivity contribution in [2.24, 2.45) is 0 Å². The molecule has 0 spiro atoms. The molecule has 7 nitrogen and oxygen atoms in total. The van der Waals surface area contributed by atoms with E-state index in [0.717, 1.165) is 24.1 Å². The van der Waals surface area contributed by atoms with E-state index in [1.165, 1.54) is 0 Å². The van der Waals surface area contributed by atoms with Gasteiger partial charge in [-0.05, 0) is 43.2 Å². The molecule has 1 aliphatic rings. The van der Waals surface area contributed by atoms with Crippen LogP contribution in [0.2, 0.25) is 0 Å². The summed E-state index contributed by atoms with van der Waals surface area (Å²) in [5, 5.41) is 2.88. The molecule has 0 bridgehead atoms. The second-order valence-corrected chi connectivity index (χ2v) is 9.73. The van der Waals surface area contributed by atoms with Crippen LogP contribution < -0.4 is 5.32 Å². The number of piperazine rings is 1. The molecule has 0 aromatic heterocycles. The van der Waals surface area contributed by atoms with Gasteiger partial charge in [0.15, 0.2) is 0 Å². The van der Waals surface area contributed by atoms with Crippen molar-refractivity contribution in [2.45, 2.75) is 24.8 Å². The van der Waals surface area contributed by atoms with Crippen LogP contribution in [0.4, 0.5) is 0 Å². The van der Waals surface area contributed by atoms with Crippen LogP contribution in [0.15, 0.2) is 53.4 Å². The molecular formula is C23H31N3O4S. The van der Waals surface area contributed by atoms with Gasteiger partial charge in [0.25, 0.3) is 5.91 Å². The van der Waals surface area contributed by atoms with Crippen LogP contribution in [-0.4, -0.2) is 70.0 Å². The highest BCUT2D eigenvalue weighted by Gasteiger charge is 2.28. The minimum atomic E-state index is -3.45. The van der Waals surface area contributed by atoms with Gasteiger partial charge in [-0.2, -0.15) is 4.31 Å². The van der Waals surface area contributed by atoms with Gasteiger partial charge in [0, 0.05) is 58.5 Å². The summed E-state index contributed by atoms with van der Waals surface area (Å²) in [5.41, 5.74) is 2.78. The fraction of sp³-hybridized carbons (Fsp3) is 0.435. The van der Waals surface area contributed by atoms with Gasteiger partial charge in [0.2, 0.25) is 10.0 Å². The van der Waals surface area contributed by atoms with Crippen molar-refractivity contribution in [1.82, 2.24) is 14.5 Å². The number of hydrogen-bond acceptors (Lipinski definition) is 5. The van der Waals surface area contributed by atoms with Gasteiger partial charge >= 0.3 is 0 Å². The second-order valence-electron chi connectivity index (χ2n) is 7.79. The molecule has 1 fully saturated rings. The lowest BCUT2D eigenvalue weighted by Crippen LogP contribution is -2.48. The van der Waals surface area contributed by atoms with Gasteiger partial charge in [-0.1, -0.05) is 29.8 Å². The third-order valence-corrected chi connectivity index (χ3v) is 7.34. The van der Waals surface area contributed by atoms with Crippen LogP contribution in [-0.2, 0) is 21.3 Å². The molecule has 31 heavy (non-hydrogen) atoms. The summed E-state index contributed by atoms with van der Waals surface area (Å²) >= 11 is 0. The molecule has 1 heterocycles. The highest BCUT2D eigenvalue weighted by Crippen LogP contribution is 2.19. The molecule has 0 unspecified atom stereocenters. The van der Waals surface area contributed by atoms with Gasteiger partial charge in [-0.25, -0.2) is 8.42 Å². The normalized spacial score (nSPS) is 15.7. The number of benzene rings is 2. The summed E-state index contributed by atoms with van der Waals surface area (Å²) < 4.78 is 32.2. The molecule has 2 aromatic carbocycles. The van der Waals surface area contributed by atoms with E-state index in [9.17, 15) is 13.2 Å². The SMILES string of the molecule is COCCCNC(=O)c1ccc(CN2CCN(S(=O)(=O)c3ccc(C)cc3)CC2)cc1. The van der Waals surface area contributed by atoms with Crippen LogP contribution >= 0.6 is 0 Å². The summed E-state index contributed by atoms with van der Waals surface area (Å²) in [6.07, 6.45) is 0.784. The van der Waals surface area contributed by atoms with Crippen LogP contribution in [0.3, 0.4) is 0 Å². The predicted octanol–water partition coefficient (Wildman–Crippen LogP) is 2.27. The highest BCUT2D eigenvalue weighted by molar-refractivity contribution is 7.89.